The summed E-state index contributed by atoms with van der Waals surface area (Å²) in [6.45, 7) is 5.61. The molecule has 0 bridgehead atoms. The normalized spacial score (nSPS) is 15.1. The number of likely N-dealkylation sites (N-methyl/N-ethyl adjacent to an activating group) is 1. The van der Waals surface area contributed by atoms with Gasteiger partial charge in [0, 0.05) is 0 Å². The lowest BCUT2D eigenvalue weighted by atomic mass is 9.93. The molecule has 0 saturated heterocycles. The highest BCUT2D eigenvalue weighted by Crippen LogP contribution is 2.24. The Morgan fingerprint density at radius 2 is 1.32 bits per heavy atom. The van der Waals surface area contributed by atoms with Crippen LogP contribution in [0.5, 0.6) is 0 Å². The number of aliphatic carboxylic acids is 2. The second-order valence-corrected chi connectivity index (χ2v) is 7.37. The largest absolute Gasteiger partial charge is 0.480 e. The molecule has 2 N–H and O–H groups in total. The van der Waals surface area contributed by atoms with Crippen molar-refractivity contribution in [2.75, 3.05) is 7.05 Å². The van der Waals surface area contributed by atoms with Gasteiger partial charge in [-0.3, -0.25) is 14.5 Å². The predicted octanol–water partition coefficient (Wildman–Crippen LogP) is 4.94. The summed E-state index contributed by atoms with van der Waals surface area (Å²) in [4.78, 5) is 24.6. The minimum Gasteiger partial charge on any atom is -0.480 e. The third-order valence-electron chi connectivity index (χ3n) is 5.51. The highest BCUT2D eigenvalue weighted by Gasteiger charge is 2.41. The van der Waals surface area contributed by atoms with Crippen molar-refractivity contribution in [3.63, 3.8) is 0 Å². The number of unbranched alkanes of at least 4 members (excludes halogenated alkanes) is 9. The number of carbonyl (C=O) groups is 2. The van der Waals surface area contributed by atoms with Gasteiger partial charge in [-0.15, -0.1) is 0 Å². The minimum absolute atomic E-state index is 0.376. The average Bonchev–Trinajstić information content (AvgIpc) is 2.57. The first-order chi connectivity index (χ1) is 11.8. The van der Waals surface area contributed by atoms with E-state index in [-0.39, 0.29) is 0 Å². The summed E-state index contributed by atoms with van der Waals surface area (Å²) in [5, 5.41) is 18.9. The van der Waals surface area contributed by atoms with Gasteiger partial charge in [-0.2, -0.15) is 0 Å². The molecule has 0 amide bonds. The summed E-state index contributed by atoms with van der Waals surface area (Å²) in [5.74, 6) is -1.90. The lowest BCUT2D eigenvalue weighted by molar-refractivity contribution is -0.157. The number of hydrogen-bond acceptors (Lipinski definition) is 3. The fraction of sp³-hybridized carbons (Fsp3) is 0.900. The summed E-state index contributed by atoms with van der Waals surface area (Å²) in [6.07, 6.45) is 12.9. The standard InChI is InChI=1S/C20H39NO4/c1-5-7-8-9-10-11-12-13-14-15-16-17(18(22)23)21(4)20(3,6-2)19(24)25/h17H,5-16H2,1-4H3,(H,22,23)(H,24,25). The Labute approximate surface area is 153 Å². The Bertz CT molecular complexity index is 386. The maximum Gasteiger partial charge on any atom is 0.323 e. The Morgan fingerprint density at radius 3 is 1.68 bits per heavy atom. The number of carboxylic acid groups (broad SMARTS) is 2. The molecule has 0 aliphatic carbocycles. The second kappa shape index (κ2) is 13.2. The van der Waals surface area contributed by atoms with Crippen molar-refractivity contribution >= 4 is 11.9 Å². The molecular weight excluding hydrogens is 318 g/mol. The maximum atomic E-state index is 11.6. The summed E-state index contributed by atoms with van der Waals surface area (Å²) >= 11 is 0. The van der Waals surface area contributed by atoms with Crippen molar-refractivity contribution < 1.29 is 19.8 Å². The number of hydrogen-bond donors (Lipinski definition) is 2. The molecule has 148 valence electrons. The molecule has 0 radical (unpaired) electrons. The van der Waals surface area contributed by atoms with Gasteiger partial charge in [0.25, 0.3) is 0 Å². The van der Waals surface area contributed by atoms with E-state index < -0.39 is 23.5 Å². The van der Waals surface area contributed by atoms with Crippen molar-refractivity contribution in [2.45, 2.75) is 109 Å². The van der Waals surface area contributed by atoms with Gasteiger partial charge in [0.2, 0.25) is 0 Å². The molecular formula is C20H39NO4. The molecule has 0 fully saturated rings. The van der Waals surface area contributed by atoms with Crippen LogP contribution in [0.3, 0.4) is 0 Å². The molecule has 0 aromatic heterocycles. The van der Waals surface area contributed by atoms with Gasteiger partial charge in [0.1, 0.15) is 11.6 Å². The fourth-order valence-electron chi connectivity index (χ4n) is 3.20. The molecule has 25 heavy (non-hydrogen) atoms. The summed E-state index contributed by atoms with van der Waals surface area (Å²) < 4.78 is 0. The quantitative estimate of drug-likeness (QED) is 0.383. The highest BCUT2D eigenvalue weighted by atomic mass is 16.4. The topological polar surface area (TPSA) is 77.8 Å². The van der Waals surface area contributed by atoms with Crippen LogP contribution >= 0.6 is 0 Å². The van der Waals surface area contributed by atoms with E-state index in [1.54, 1.807) is 20.9 Å². The number of rotatable bonds is 16. The van der Waals surface area contributed by atoms with Gasteiger partial charge in [-0.25, -0.2) is 0 Å². The number of carboxylic acids is 2. The molecule has 0 saturated carbocycles. The van der Waals surface area contributed by atoms with Crippen LogP contribution in [0.15, 0.2) is 0 Å². The lowest BCUT2D eigenvalue weighted by Crippen LogP contribution is -2.56. The van der Waals surface area contributed by atoms with Crippen LogP contribution in [0.4, 0.5) is 0 Å². The first kappa shape index (κ1) is 23.9. The van der Waals surface area contributed by atoms with Crippen LogP contribution in [0, 0.1) is 0 Å². The summed E-state index contributed by atoms with van der Waals surface area (Å²) in [6, 6.07) is -0.741. The van der Waals surface area contributed by atoms with Gasteiger partial charge in [-0.05, 0) is 26.8 Å². The number of nitrogens with zero attached hydrogens (tertiary/aromatic N) is 1. The van der Waals surface area contributed by atoms with Crippen molar-refractivity contribution in [3.05, 3.63) is 0 Å². The van der Waals surface area contributed by atoms with E-state index in [2.05, 4.69) is 6.92 Å². The van der Waals surface area contributed by atoms with E-state index in [9.17, 15) is 19.8 Å². The van der Waals surface area contributed by atoms with E-state index in [1.807, 2.05) is 0 Å². The van der Waals surface area contributed by atoms with E-state index in [1.165, 1.54) is 49.8 Å². The summed E-state index contributed by atoms with van der Waals surface area (Å²) in [7, 11) is 1.62. The monoisotopic (exact) mass is 357 g/mol. The summed E-state index contributed by atoms with van der Waals surface area (Å²) in [5.41, 5.74) is -1.14. The smallest absolute Gasteiger partial charge is 0.323 e. The zero-order valence-electron chi connectivity index (χ0n) is 16.7. The van der Waals surface area contributed by atoms with Gasteiger partial charge in [0.15, 0.2) is 0 Å². The van der Waals surface area contributed by atoms with Crippen LogP contribution in [0.25, 0.3) is 0 Å². The molecule has 0 aliphatic rings. The fourth-order valence-corrected chi connectivity index (χ4v) is 3.20. The Morgan fingerprint density at radius 1 is 0.880 bits per heavy atom. The molecule has 0 aromatic rings. The van der Waals surface area contributed by atoms with E-state index in [0.29, 0.717) is 12.8 Å². The van der Waals surface area contributed by atoms with Crippen LogP contribution in [-0.2, 0) is 9.59 Å². The van der Waals surface area contributed by atoms with Gasteiger partial charge in [-0.1, -0.05) is 78.1 Å². The average molecular weight is 358 g/mol. The van der Waals surface area contributed by atoms with Crippen molar-refractivity contribution in [1.82, 2.24) is 4.90 Å². The SMILES string of the molecule is CCCCCCCCCCCCC(C(=O)O)N(C)C(C)(CC)C(=O)O. The molecule has 0 aliphatic heterocycles. The zero-order valence-corrected chi connectivity index (χ0v) is 16.7. The van der Waals surface area contributed by atoms with E-state index in [4.69, 9.17) is 0 Å². The minimum atomic E-state index is -1.14. The van der Waals surface area contributed by atoms with E-state index in [0.717, 1.165) is 19.3 Å². The van der Waals surface area contributed by atoms with Crippen LogP contribution in [-0.4, -0.2) is 45.7 Å². The molecule has 5 heteroatoms. The molecule has 0 rings (SSSR count). The van der Waals surface area contributed by atoms with Crippen LogP contribution in [0.2, 0.25) is 0 Å². The third-order valence-corrected chi connectivity index (χ3v) is 5.51. The Kier molecular flexibility index (Phi) is 12.6. The molecule has 0 aromatic carbocycles. The molecule has 5 nitrogen and oxygen atoms in total. The van der Waals surface area contributed by atoms with Crippen LogP contribution < -0.4 is 0 Å². The van der Waals surface area contributed by atoms with Crippen molar-refractivity contribution in [2.24, 2.45) is 0 Å². The van der Waals surface area contributed by atoms with Crippen molar-refractivity contribution in [3.8, 4) is 0 Å². The molecule has 2 unspecified atom stereocenters. The maximum absolute atomic E-state index is 11.6. The van der Waals surface area contributed by atoms with Gasteiger partial charge >= 0.3 is 11.9 Å². The highest BCUT2D eigenvalue weighted by molar-refractivity contribution is 5.80. The molecule has 2 atom stereocenters. The van der Waals surface area contributed by atoms with Gasteiger partial charge in [0.05, 0.1) is 0 Å². The molecule has 0 spiro atoms. The Balaban J connectivity index is 4.14. The van der Waals surface area contributed by atoms with Crippen LogP contribution in [0.1, 0.15) is 97.8 Å². The zero-order chi connectivity index (χ0) is 19.3. The lowest BCUT2D eigenvalue weighted by Gasteiger charge is -2.38. The van der Waals surface area contributed by atoms with Crippen molar-refractivity contribution in [1.29, 1.82) is 0 Å². The first-order valence-electron chi connectivity index (χ1n) is 10.00. The predicted molar refractivity (Wildman–Crippen MR) is 102 cm³/mol. The van der Waals surface area contributed by atoms with Gasteiger partial charge < -0.3 is 10.2 Å². The third kappa shape index (κ3) is 8.70. The molecule has 0 heterocycles. The first-order valence-corrected chi connectivity index (χ1v) is 10.00. The Hall–Kier alpha value is -1.10. The van der Waals surface area contributed by atoms with E-state index >= 15 is 0 Å². The second-order valence-electron chi connectivity index (χ2n) is 7.37.